The van der Waals surface area contributed by atoms with Crippen LogP contribution in [0.1, 0.15) is 24.0 Å². The number of hydrogen-bond donors (Lipinski definition) is 0. The Labute approximate surface area is 152 Å². The molecule has 0 atom stereocenters. The van der Waals surface area contributed by atoms with Gasteiger partial charge in [0, 0.05) is 26.1 Å². The van der Waals surface area contributed by atoms with Crippen molar-refractivity contribution in [1.29, 1.82) is 10.5 Å². The van der Waals surface area contributed by atoms with E-state index in [9.17, 15) is 22.8 Å². The zero-order valence-corrected chi connectivity index (χ0v) is 13.9. The number of nitriles is 2. The van der Waals surface area contributed by atoms with E-state index in [1.54, 1.807) is 0 Å². The van der Waals surface area contributed by atoms with Crippen molar-refractivity contribution in [3.05, 3.63) is 29.3 Å². The minimum absolute atomic E-state index is 0.151. The molecule has 0 N–H and O–H groups in total. The third-order valence-electron chi connectivity index (χ3n) is 4.78. The van der Waals surface area contributed by atoms with Crippen molar-refractivity contribution in [3.8, 4) is 12.1 Å². The predicted molar refractivity (Wildman–Crippen MR) is 84.1 cm³/mol. The number of alkyl halides is 3. The molecule has 0 aliphatic carbocycles. The second-order valence-corrected chi connectivity index (χ2v) is 6.15. The maximum absolute atomic E-state index is 13.2. The van der Waals surface area contributed by atoms with Crippen molar-refractivity contribution in [3.63, 3.8) is 0 Å². The van der Waals surface area contributed by atoms with Crippen LogP contribution in [0.5, 0.6) is 0 Å². The molecule has 27 heavy (non-hydrogen) atoms. The Morgan fingerprint density at radius 3 is 2.41 bits per heavy atom. The zero-order chi connectivity index (χ0) is 19.8. The molecule has 0 aromatic heterocycles. The summed E-state index contributed by atoms with van der Waals surface area (Å²) in [5.74, 6) is -0.691. The molecule has 10 heteroatoms. The average molecular weight is 378 g/mol. The van der Waals surface area contributed by atoms with Gasteiger partial charge in [0.2, 0.25) is 0 Å². The number of carbonyl (C=O) groups is 2. The van der Waals surface area contributed by atoms with Crippen LogP contribution in [0.3, 0.4) is 0 Å². The first-order valence-electron chi connectivity index (χ1n) is 7.98. The molecule has 0 radical (unpaired) electrons. The van der Waals surface area contributed by atoms with E-state index in [1.165, 1.54) is 6.07 Å². The van der Waals surface area contributed by atoms with Gasteiger partial charge in [0.1, 0.15) is 12.1 Å². The monoisotopic (exact) mass is 378 g/mol. The highest BCUT2D eigenvalue weighted by atomic mass is 19.4. The predicted octanol–water partition coefficient (Wildman–Crippen LogP) is 2.42. The first-order chi connectivity index (χ1) is 12.8. The van der Waals surface area contributed by atoms with Crippen molar-refractivity contribution in [2.45, 2.75) is 24.6 Å². The number of hydrogen-bond acceptors (Lipinski definition) is 5. The first-order valence-corrected chi connectivity index (χ1v) is 7.98. The fourth-order valence-corrected chi connectivity index (χ4v) is 3.43. The first kappa shape index (κ1) is 18.7. The molecule has 3 rings (SSSR count). The molecule has 1 aromatic carbocycles. The van der Waals surface area contributed by atoms with E-state index < -0.39 is 34.8 Å². The Hall–Kier alpha value is -3.11. The number of ether oxygens (including phenoxy) is 1. The molecule has 2 aliphatic rings. The third kappa shape index (κ3) is 2.88. The fraction of sp³-hybridized carbons (Fsp3) is 0.412. The molecular formula is C17H13F3N4O3. The summed E-state index contributed by atoms with van der Waals surface area (Å²) in [5, 5.41) is 17.9. The van der Waals surface area contributed by atoms with Gasteiger partial charge in [0.25, 0.3) is 5.91 Å². The Morgan fingerprint density at radius 2 is 1.85 bits per heavy atom. The van der Waals surface area contributed by atoms with E-state index in [0.29, 0.717) is 11.0 Å². The highest BCUT2D eigenvalue weighted by Gasteiger charge is 2.58. The van der Waals surface area contributed by atoms with E-state index in [4.69, 9.17) is 15.3 Å². The molecule has 1 aromatic rings. The Morgan fingerprint density at radius 1 is 1.19 bits per heavy atom. The van der Waals surface area contributed by atoms with Crippen LogP contribution in [0.25, 0.3) is 0 Å². The van der Waals surface area contributed by atoms with Crippen LogP contribution in [0, 0.1) is 22.7 Å². The minimum Gasteiger partial charge on any atom is -0.381 e. The molecule has 140 valence electrons. The highest BCUT2D eigenvalue weighted by Crippen LogP contribution is 2.41. The minimum atomic E-state index is -4.82. The van der Waals surface area contributed by atoms with Gasteiger partial charge in [-0.2, -0.15) is 23.7 Å². The molecular weight excluding hydrogens is 365 g/mol. The van der Waals surface area contributed by atoms with Crippen LogP contribution in [0.2, 0.25) is 0 Å². The summed E-state index contributed by atoms with van der Waals surface area (Å²) in [6.07, 6.45) is -4.52. The van der Waals surface area contributed by atoms with E-state index in [2.05, 4.69) is 0 Å². The number of urea groups is 1. The van der Waals surface area contributed by atoms with Crippen LogP contribution < -0.4 is 4.90 Å². The molecule has 2 aliphatic heterocycles. The van der Waals surface area contributed by atoms with Crippen molar-refractivity contribution in [1.82, 2.24) is 4.90 Å². The van der Waals surface area contributed by atoms with Crippen LogP contribution in [-0.4, -0.2) is 42.1 Å². The number of benzene rings is 1. The van der Waals surface area contributed by atoms with Gasteiger partial charge in [-0.3, -0.25) is 9.69 Å². The summed E-state index contributed by atoms with van der Waals surface area (Å²) in [7, 11) is 0. The topological polar surface area (TPSA) is 97.4 Å². The number of carbonyl (C=O) groups excluding carboxylic acids is 2. The smallest absolute Gasteiger partial charge is 0.381 e. The highest BCUT2D eigenvalue weighted by molar-refractivity contribution is 6.23. The summed E-state index contributed by atoms with van der Waals surface area (Å²) in [4.78, 5) is 27.6. The molecule has 0 bridgehead atoms. The van der Waals surface area contributed by atoms with Crippen molar-refractivity contribution in [2.75, 3.05) is 24.7 Å². The van der Waals surface area contributed by atoms with Crippen molar-refractivity contribution >= 4 is 17.6 Å². The van der Waals surface area contributed by atoms with Gasteiger partial charge in [-0.1, -0.05) is 0 Å². The lowest BCUT2D eigenvalue weighted by Crippen LogP contribution is -2.53. The number of anilines is 1. The van der Waals surface area contributed by atoms with E-state index >= 15 is 0 Å². The molecule has 0 unspecified atom stereocenters. The second-order valence-electron chi connectivity index (χ2n) is 6.15. The summed E-state index contributed by atoms with van der Waals surface area (Å²) < 4.78 is 44.9. The maximum Gasteiger partial charge on any atom is 0.417 e. The van der Waals surface area contributed by atoms with Gasteiger partial charge in [-0.05, 0) is 18.2 Å². The van der Waals surface area contributed by atoms with Gasteiger partial charge >= 0.3 is 12.2 Å². The van der Waals surface area contributed by atoms with E-state index in [-0.39, 0.29) is 38.3 Å². The second kappa shape index (κ2) is 6.56. The number of rotatable bonds is 2. The van der Waals surface area contributed by atoms with E-state index in [0.717, 1.165) is 17.0 Å². The molecule has 7 nitrogen and oxygen atoms in total. The normalized spacial score (nSPS) is 19.3. The average Bonchev–Trinajstić information content (AvgIpc) is 2.83. The molecule has 1 spiro atoms. The Kier molecular flexibility index (Phi) is 4.54. The summed E-state index contributed by atoms with van der Waals surface area (Å²) in [6, 6.07) is 5.06. The van der Waals surface area contributed by atoms with Gasteiger partial charge in [-0.15, -0.1) is 0 Å². The van der Waals surface area contributed by atoms with Crippen LogP contribution in [-0.2, 0) is 15.7 Å². The molecule has 0 saturated carbocycles. The Bertz CT molecular complexity index is 879. The van der Waals surface area contributed by atoms with Crippen molar-refractivity contribution in [2.24, 2.45) is 0 Å². The fourth-order valence-electron chi connectivity index (χ4n) is 3.43. The SMILES string of the molecule is N#CCN1C(=O)N(c2ccc(C#N)c(C(F)(F)F)c2)C(=O)C12CCOCC2. The van der Waals surface area contributed by atoms with Crippen molar-refractivity contribution < 1.29 is 27.5 Å². The lowest BCUT2D eigenvalue weighted by atomic mass is 9.88. The molecule has 2 fully saturated rings. The largest absolute Gasteiger partial charge is 0.417 e. The number of nitrogens with zero attached hydrogens (tertiary/aromatic N) is 4. The molecule has 2 heterocycles. The number of halogens is 3. The zero-order valence-electron chi connectivity index (χ0n) is 13.9. The number of imide groups is 1. The Balaban J connectivity index is 2.10. The lowest BCUT2D eigenvalue weighted by Gasteiger charge is -2.36. The summed E-state index contributed by atoms with van der Waals surface area (Å²) in [5.41, 5.74) is -3.44. The van der Waals surface area contributed by atoms with Crippen LogP contribution >= 0.6 is 0 Å². The molecule has 3 amide bonds. The van der Waals surface area contributed by atoms with Gasteiger partial charge in [0.15, 0.2) is 0 Å². The van der Waals surface area contributed by atoms with Gasteiger partial charge in [-0.25, -0.2) is 9.69 Å². The maximum atomic E-state index is 13.2. The van der Waals surface area contributed by atoms with E-state index in [1.807, 2.05) is 6.07 Å². The standard InChI is InChI=1S/C17H13F3N4O3/c18-17(19,20)13-9-12(2-1-11(13)10-22)24-14(25)16(3-7-27-8-4-16)23(6-5-21)15(24)26/h1-2,9H,3-4,6-8H2. The molecule has 2 saturated heterocycles. The van der Waals surface area contributed by atoms with Gasteiger partial charge < -0.3 is 4.74 Å². The number of amides is 3. The summed E-state index contributed by atoms with van der Waals surface area (Å²) in [6.45, 7) is 0.00933. The van der Waals surface area contributed by atoms with Gasteiger partial charge in [0.05, 0.1) is 29.0 Å². The van der Waals surface area contributed by atoms with Crippen LogP contribution in [0.4, 0.5) is 23.7 Å². The van der Waals surface area contributed by atoms with Crippen LogP contribution in [0.15, 0.2) is 18.2 Å². The summed E-state index contributed by atoms with van der Waals surface area (Å²) >= 11 is 0. The quantitative estimate of drug-likeness (QED) is 0.582. The lowest BCUT2D eigenvalue weighted by molar-refractivity contribution is -0.137. The third-order valence-corrected chi connectivity index (χ3v) is 4.78.